The lowest BCUT2D eigenvalue weighted by Gasteiger charge is -2.32. The standard InChI is InChI=1S/C24H30BN5O4/c1-7-32-22(31)19-13-26-30(21(19)18-12-17(18)20-14-29(6)28-27-20)16-10-8-9-15(11-16)25-33-23(2,3)24(4,5)34-25/h8-11,13-14,17-18H,7,12H2,1-6H3. The summed E-state index contributed by atoms with van der Waals surface area (Å²) in [5.74, 6) is -0.0848. The highest BCUT2D eigenvalue weighted by atomic mass is 16.7. The second-order valence-corrected chi connectivity index (χ2v) is 10.0. The van der Waals surface area contributed by atoms with E-state index in [1.807, 2.05) is 69.9 Å². The van der Waals surface area contributed by atoms with Gasteiger partial charge in [0.2, 0.25) is 0 Å². The Kier molecular flexibility index (Phi) is 5.40. The summed E-state index contributed by atoms with van der Waals surface area (Å²) in [5, 5.41) is 12.9. The number of rotatable bonds is 6. The molecule has 2 aliphatic rings. The lowest BCUT2D eigenvalue weighted by molar-refractivity contribution is 0.00578. The van der Waals surface area contributed by atoms with Crippen molar-refractivity contribution in [1.82, 2.24) is 24.8 Å². The topological polar surface area (TPSA) is 93.3 Å². The van der Waals surface area contributed by atoms with E-state index in [4.69, 9.17) is 14.0 Å². The van der Waals surface area contributed by atoms with E-state index in [1.54, 1.807) is 17.8 Å². The largest absolute Gasteiger partial charge is 0.494 e. The van der Waals surface area contributed by atoms with Crippen molar-refractivity contribution in [3.63, 3.8) is 0 Å². The fourth-order valence-corrected chi connectivity index (χ4v) is 4.43. The minimum Gasteiger partial charge on any atom is -0.462 e. The molecule has 1 aromatic carbocycles. The maximum atomic E-state index is 12.8. The smallest absolute Gasteiger partial charge is 0.462 e. The Morgan fingerprint density at radius 1 is 1.21 bits per heavy atom. The van der Waals surface area contributed by atoms with Crippen LogP contribution >= 0.6 is 0 Å². The molecule has 2 atom stereocenters. The fourth-order valence-electron chi connectivity index (χ4n) is 4.43. The van der Waals surface area contributed by atoms with Gasteiger partial charge in [-0.2, -0.15) is 5.10 Å². The third-order valence-corrected chi connectivity index (χ3v) is 7.08. The summed E-state index contributed by atoms with van der Waals surface area (Å²) in [5.41, 5.74) is 3.11. The summed E-state index contributed by atoms with van der Waals surface area (Å²) < 4.78 is 21.3. The number of carbonyl (C=O) groups is 1. The van der Waals surface area contributed by atoms with Gasteiger partial charge in [0, 0.05) is 25.1 Å². The van der Waals surface area contributed by atoms with Crippen LogP contribution in [0.1, 0.15) is 74.6 Å². The molecule has 3 aromatic rings. The average Bonchev–Trinajstić information content (AvgIpc) is 3.12. The number of hydrogen-bond acceptors (Lipinski definition) is 7. The molecule has 1 saturated carbocycles. The monoisotopic (exact) mass is 463 g/mol. The average molecular weight is 463 g/mol. The second-order valence-electron chi connectivity index (χ2n) is 10.0. The van der Waals surface area contributed by atoms with E-state index >= 15 is 0 Å². The van der Waals surface area contributed by atoms with Crippen molar-refractivity contribution in [1.29, 1.82) is 0 Å². The van der Waals surface area contributed by atoms with Crippen molar-refractivity contribution in [3.8, 4) is 5.69 Å². The zero-order valence-electron chi connectivity index (χ0n) is 20.5. The van der Waals surface area contributed by atoms with Crippen LogP contribution in [0, 0.1) is 0 Å². The highest BCUT2D eigenvalue weighted by molar-refractivity contribution is 6.62. The molecule has 1 aliphatic carbocycles. The van der Waals surface area contributed by atoms with Crippen LogP contribution < -0.4 is 5.46 Å². The first kappa shape index (κ1) is 22.8. The number of esters is 1. The van der Waals surface area contributed by atoms with Gasteiger partial charge in [0.05, 0.1) is 41.1 Å². The Hall–Kier alpha value is -2.98. The van der Waals surface area contributed by atoms with Crippen LogP contribution in [0.15, 0.2) is 36.7 Å². The molecule has 2 unspecified atom stereocenters. The highest BCUT2D eigenvalue weighted by Crippen LogP contribution is 2.55. The van der Waals surface area contributed by atoms with Crippen LogP contribution in [-0.2, 0) is 21.1 Å². The third kappa shape index (κ3) is 3.84. The van der Waals surface area contributed by atoms with Gasteiger partial charge >= 0.3 is 13.1 Å². The molecule has 0 spiro atoms. The highest BCUT2D eigenvalue weighted by Gasteiger charge is 2.52. The summed E-state index contributed by atoms with van der Waals surface area (Å²) >= 11 is 0. The number of aryl methyl sites for hydroxylation is 1. The molecule has 2 aromatic heterocycles. The van der Waals surface area contributed by atoms with Gasteiger partial charge in [-0.1, -0.05) is 17.3 Å². The number of hydrogen-bond donors (Lipinski definition) is 0. The Morgan fingerprint density at radius 3 is 2.59 bits per heavy atom. The number of benzene rings is 1. The number of aromatic nitrogens is 5. The molecule has 0 radical (unpaired) electrons. The van der Waals surface area contributed by atoms with Crippen LogP contribution in [0.5, 0.6) is 0 Å². The summed E-state index contributed by atoms with van der Waals surface area (Å²) in [6.07, 6.45) is 4.39. The van der Waals surface area contributed by atoms with Crippen molar-refractivity contribution in [2.45, 2.75) is 64.1 Å². The van der Waals surface area contributed by atoms with E-state index in [9.17, 15) is 4.79 Å². The van der Waals surface area contributed by atoms with E-state index in [0.717, 1.165) is 29.0 Å². The zero-order chi connectivity index (χ0) is 24.3. The molecule has 5 rings (SSSR count). The Balaban J connectivity index is 1.51. The van der Waals surface area contributed by atoms with E-state index in [-0.39, 0.29) is 17.8 Å². The predicted octanol–water partition coefficient (Wildman–Crippen LogP) is 2.75. The predicted molar refractivity (Wildman–Crippen MR) is 126 cm³/mol. The SMILES string of the molecule is CCOC(=O)c1cnn(-c2cccc(B3OC(C)(C)C(C)(C)O3)c2)c1C1CC1c1cn(C)nn1. The summed E-state index contributed by atoms with van der Waals surface area (Å²) in [6, 6.07) is 7.92. The summed E-state index contributed by atoms with van der Waals surface area (Å²) in [7, 11) is 1.37. The van der Waals surface area contributed by atoms with E-state index in [2.05, 4.69) is 15.4 Å². The minimum atomic E-state index is -0.484. The molecule has 34 heavy (non-hydrogen) atoms. The Bertz CT molecular complexity index is 1220. The van der Waals surface area contributed by atoms with Gasteiger partial charge in [-0.3, -0.25) is 4.68 Å². The lowest BCUT2D eigenvalue weighted by Crippen LogP contribution is -2.41. The maximum Gasteiger partial charge on any atom is 0.494 e. The van der Waals surface area contributed by atoms with Crippen molar-refractivity contribution >= 4 is 18.6 Å². The van der Waals surface area contributed by atoms with Crippen LogP contribution in [0.25, 0.3) is 5.69 Å². The van der Waals surface area contributed by atoms with Crippen molar-refractivity contribution in [2.75, 3.05) is 6.61 Å². The van der Waals surface area contributed by atoms with Gasteiger partial charge in [-0.15, -0.1) is 5.10 Å². The number of ether oxygens (including phenoxy) is 1. The molecule has 1 saturated heterocycles. The molecule has 2 fully saturated rings. The molecule has 0 amide bonds. The second kappa shape index (κ2) is 8.06. The number of carbonyl (C=O) groups excluding carboxylic acids is 1. The molecule has 10 heteroatoms. The van der Waals surface area contributed by atoms with Crippen molar-refractivity contribution in [3.05, 3.63) is 53.6 Å². The summed E-state index contributed by atoms with van der Waals surface area (Å²) in [6.45, 7) is 10.2. The first-order valence-electron chi connectivity index (χ1n) is 11.7. The minimum absolute atomic E-state index is 0.0964. The zero-order valence-corrected chi connectivity index (χ0v) is 20.5. The van der Waals surface area contributed by atoms with Crippen LogP contribution in [0.4, 0.5) is 0 Å². The lowest BCUT2D eigenvalue weighted by atomic mass is 9.79. The molecule has 1 aliphatic heterocycles. The van der Waals surface area contributed by atoms with Gasteiger partial charge in [0.15, 0.2) is 0 Å². The quantitative estimate of drug-likeness (QED) is 0.410. The van der Waals surface area contributed by atoms with Gasteiger partial charge in [-0.05, 0) is 58.6 Å². The van der Waals surface area contributed by atoms with Crippen molar-refractivity contribution < 1.29 is 18.8 Å². The Morgan fingerprint density at radius 2 is 1.94 bits per heavy atom. The summed E-state index contributed by atoms with van der Waals surface area (Å²) in [4.78, 5) is 12.8. The molecule has 0 bridgehead atoms. The number of nitrogens with zero attached hydrogens (tertiary/aromatic N) is 5. The molecule has 9 nitrogen and oxygen atoms in total. The molecule has 178 valence electrons. The van der Waals surface area contributed by atoms with Gasteiger partial charge < -0.3 is 14.0 Å². The molecular weight excluding hydrogens is 433 g/mol. The van der Waals surface area contributed by atoms with Crippen LogP contribution in [-0.4, -0.2) is 55.7 Å². The Labute approximate surface area is 199 Å². The van der Waals surface area contributed by atoms with E-state index in [1.165, 1.54) is 0 Å². The van der Waals surface area contributed by atoms with Crippen molar-refractivity contribution in [2.24, 2.45) is 7.05 Å². The normalized spacial score (nSPS) is 22.7. The van der Waals surface area contributed by atoms with Gasteiger partial charge in [0.1, 0.15) is 5.56 Å². The molecule has 3 heterocycles. The van der Waals surface area contributed by atoms with E-state index < -0.39 is 18.3 Å². The molecular formula is C24H30BN5O4. The first-order valence-corrected chi connectivity index (χ1v) is 11.7. The van der Waals surface area contributed by atoms with Crippen LogP contribution in [0.3, 0.4) is 0 Å². The third-order valence-electron chi connectivity index (χ3n) is 7.08. The fraction of sp³-hybridized carbons (Fsp3) is 0.500. The van der Waals surface area contributed by atoms with Gasteiger partial charge in [0.25, 0.3) is 0 Å². The molecule has 0 N–H and O–H groups in total. The maximum absolute atomic E-state index is 12.8. The first-order chi connectivity index (χ1) is 16.1. The van der Waals surface area contributed by atoms with Gasteiger partial charge in [-0.25, -0.2) is 9.48 Å². The van der Waals surface area contributed by atoms with Crippen LogP contribution in [0.2, 0.25) is 0 Å². The van der Waals surface area contributed by atoms with E-state index in [0.29, 0.717) is 12.2 Å².